The Hall–Kier alpha value is -2.41. The lowest BCUT2D eigenvalue weighted by Gasteiger charge is -2.08. The molecule has 0 spiro atoms. The second kappa shape index (κ2) is 7.07. The van der Waals surface area contributed by atoms with Crippen molar-refractivity contribution in [2.45, 2.75) is 18.7 Å². The Kier molecular flexibility index (Phi) is 5.00. The smallest absolute Gasteiger partial charge is 0.238 e. The molecule has 0 saturated heterocycles. The van der Waals surface area contributed by atoms with E-state index >= 15 is 0 Å². The molecule has 3 rings (SSSR count). The highest BCUT2D eigenvalue weighted by Crippen LogP contribution is 2.37. The molecule has 5 nitrogen and oxygen atoms in total. The van der Waals surface area contributed by atoms with Crippen molar-refractivity contribution in [3.05, 3.63) is 65.3 Å². The minimum absolute atomic E-state index is 0.0420. The molecule has 0 aliphatic carbocycles. The molecular weight excluding hydrogens is 370 g/mol. The number of hydrogen-bond acceptors (Lipinski definition) is 3. The summed E-state index contributed by atoms with van der Waals surface area (Å²) in [7, 11) is -3.89. The normalized spacial score (nSPS) is 12.0. The van der Waals surface area contributed by atoms with Crippen molar-refractivity contribution >= 4 is 27.8 Å². The van der Waals surface area contributed by atoms with E-state index in [-0.39, 0.29) is 4.90 Å². The topological polar surface area (TPSA) is 78.0 Å². The van der Waals surface area contributed by atoms with E-state index in [4.69, 9.17) is 16.7 Å². The van der Waals surface area contributed by atoms with Crippen molar-refractivity contribution in [1.82, 2.24) is 9.78 Å². The Labute approximate surface area is 157 Å². The molecule has 0 bridgehead atoms. The summed E-state index contributed by atoms with van der Waals surface area (Å²) in [5, 5.41) is 10.7. The van der Waals surface area contributed by atoms with Crippen LogP contribution in [0.15, 0.2) is 59.5 Å². The maximum absolute atomic E-state index is 12.0. The summed E-state index contributed by atoms with van der Waals surface area (Å²) in [6, 6.07) is 13.9. The predicted octanol–water partition coefficient (Wildman–Crippen LogP) is 4.32. The molecule has 0 aliphatic rings. The number of nitrogens with two attached hydrogens (primary N) is 1. The summed E-state index contributed by atoms with van der Waals surface area (Å²) in [5.74, 6) is 0. The standard InChI is InChI=1S/C19H18ClN3O2S/c1-3-12-23-13(2)18(14-8-10-15(20)11-9-14)19(22-23)16-6-4-5-7-17(16)26(21,24)25/h3-12H,1-2H3,(H2,21,24,25). The summed E-state index contributed by atoms with van der Waals surface area (Å²) in [4.78, 5) is 0.0420. The fourth-order valence-corrected chi connectivity index (χ4v) is 3.73. The minimum Gasteiger partial charge on any atom is -0.244 e. The summed E-state index contributed by atoms with van der Waals surface area (Å²) in [5.41, 5.74) is 3.61. The van der Waals surface area contributed by atoms with Crippen molar-refractivity contribution in [3.63, 3.8) is 0 Å². The molecule has 7 heteroatoms. The van der Waals surface area contributed by atoms with Gasteiger partial charge in [-0.2, -0.15) is 5.10 Å². The molecule has 0 atom stereocenters. The number of halogens is 1. The van der Waals surface area contributed by atoms with E-state index in [0.29, 0.717) is 16.3 Å². The largest absolute Gasteiger partial charge is 0.244 e. The quantitative estimate of drug-likeness (QED) is 0.724. The van der Waals surface area contributed by atoms with Crippen LogP contribution in [0.1, 0.15) is 12.6 Å². The molecule has 1 aromatic heterocycles. The van der Waals surface area contributed by atoms with Crippen LogP contribution in [0, 0.1) is 6.92 Å². The zero-order valence-electron chi connectivity index (χ0n) is 14.3. The lowest BCUT2D eigenvalue weighted by molar-refractivity contribution is 0.598. The first-order valence-electron chi connectivity index (χ1n) is 7.93. The van der Waals surface area contributed by atoms with Gasteiger partial charge in [0.1, 0.15) is 5.69 Å². The number of nitrogens with zero attached hydrogens (tertiary/aromatic N) is 2. The number of benzene rings is 2. The summed E-state index contributed by atoms with van der Waals surface area (Å²) < 4.78 is 25.8. The van der Waals surface area contributed by atoms with Crippen LogP contribution in [0.2, 0.25) is 5.02 Å². The van der Waals surface area contributed by atoms with E-state index in [9.17, 15) is 8.42 Å². The summed E-state index contributed by atoms with van der Waals surface area (Å²) in [6.45, 7) is 3.82. The highest BCUT2D eigenvalue weighted by atomic mass is 35.5. The van der Waals surface area contributed by atoms with Crippen molar-refractivity contribution in [1.29, 1.82) is 0 Å². The van der Waals surface area contributed by atoms with Crippen LogP contribution in [0.5, 0.6) is 0 Å². The van der Waals surface area contributed by atoms with Crippen molar-refractivity contribution in [2.75, 3.05) is 0 Å². The number of allylic oxidation sites excluding steroid dienone is 1. The number of hydrogen-bond donors (Lipinski definition) is 1. The van der Waals surface area contributed by atoms with Gasteiger partial charge in [0.2, 0.25) is 10.0 Å². The third kappa shape index (κ3) is 3.44. The van der Waals surface area contributed by atoms with E-state index in [2.05, 4.69) is 5.10 Å². The van der Waals surface area contributed by atoms with Crippen molar-refractivity contribution < 1.29 is 8.42 Å². The zero-order valence-corrected chi connectivity index (χ0v) is 15.9. The van der Waals surface area contributed by atoms with Crippen LogP contribution in [-0.2, 0) is 10.0 Å². The monoisotopic (exact) mass is 387 g/mol. The molecule has 0 amide bonds. The third-order valence-corrected chi connectivity index (χ3v) is 5.24. The van der Waals surface area contributed by atoms with E-state index < -0.39 is 10.0 Å². The number of primary sulfonamides is 1. The Morgan fingerprint density at radius 1 is 1.12 bits per heavy atom. The third-order valence-electron chi connectivity index (χ3n) is 4.02. The molecule has 0 unspecified atom stereocenters. The zero-order chi connectivity index (χ0) is 18.9. The molecule has 26 heavy (non-hydrogen) atoms. The molecular formula is C19H18ClN3O2S. The lowest BCUT2D eigenvalue weighted by Crippen LogP contribution is -2.13. The van der Waals surface area contributed by atoms with Gasteiger partial charge in [-0.3, -0.25) is 0 Å². The average molecular weight is 388 g/mol. The Morgan fingerprint density at radius 2 is 1.77 bits per heavy atom. The first kappa shape index (κ1) is 18.4. The molecule has 0 aliphatic heterocycles. The highest BCUT2D eigenvalue weighted by molar-refractivity contribution is 7.89. The fraction of sp³-hybridized carbons (Fsp3) is 0.105. The van der Waals surface area contributed by atoms with E-state index in [1.54, 1.807) is 35.0 Å². The van der Waals surface area contributed by atoms with Gasteiger partial charge in [-0.25, -0.2) is 18.2 Å². The van der Waals surface area contributed by atoms with Gasteiger partial charge < -0.3 is 0 Å². The molecule has 1 heterocycles. The van der Waals surface area contributed by atoms with Gasteiger partial charge in [0, 0.05) is 28.0 Å². The summed E-state index contributed by atoms with van der Waals surface area (Å²) in [6.07, 6.45) is 3.68. The molecule has 0 radical (unpaired) electrons. The molecule has 0 saturated carbocycles. The highest BCUT2D eigenvalue weighted by Gasteiger charge is 2.22. The van der Waals surface area contributed by atoms with E-state index in [0.717, 1.165) is 16.8 Å². The van der Waals surface area contributed by atoms with E-state index in [1.165, 1.54) is 6.07 Å². The first-order chi connectivity index (χ1) is 12.3. The average Bonchev–Trinajstić information content (AvgIpc) is 2.92. The first-order valence-corrected chi connectivity index (χ1v) is 9.85. The van der Waals surface area contributed by atoms with Crippen LogP contribution in [-0.4, -0.2) is 18.2 Å². The van der Waals surface area contributed by atoms with Gasteiger partial charge in [0.15, 0.2) is 0 Å². The van der Waals surface area contributed by atoms with Gasteiger partial charge in [-0.15, -0.1) is 0 Å². The maximum Gasteiger partial charge on any atom is 0.238 e. The van der Waals surface area contributed by atoms with Gasteiger partial charge in [0.05, 0.1) is 4.90 Å². The van der Waals surface area contributed by atoms with Crippen LogP contribution in [0.4, 0.5) is 0 Å². The van der Waals surface area contributed by atoms with Crippen LogP contribution < -0.4 is 5.14 Å². The minimum atomic E-state index is -3.89. The predicted molar refractivity (Wildman–Crippen MR) is 105 cm³/mol. The summed E-state index contributed by atoms with van der Waals surface area (Å²) >= 11 is 6.01. The van der Waals surface area contributed by atoms with Crippen LogP contribution >= 0.6 is 11.6 Å². The Balaban J connectivity index is 2.36. The van der Waals surface area contributed by atoms with Gasteiger partial charge >= 0.3 is 0 Å². The van der Waals surface area contributed by atoms with Gasteiger partial charge in [-0.1, -0.05) is 48.0 Å². The Morgan fingerprint density at radius 3 is 2.38 bits per heavy atom. The van der Waals surface area contributed by atoms with Crippen LogP contribution in [0.3, 0.4) is 0 Å². The Bertz CT molecular complexity index is 1080. The van der Waals surface area contributed by atoms with Gasteiger partial charge in [0.25, 0.3) is 0 Å². The number of rotatable bonds is 4. The molecule has 134 valence electrons. The van der Waals surface area contributed by atoms with E-state index in [1.807, 2.05) is 38.3 Å². The van der Waals surface area contributed by atoms with Crippen LogP contribution in [0.25, 0.3) is 28.6 Å². The fourth-order valence-electron chi connectivity index (χ4n) is 2.87. The van der Waals surface area contributed by atoms with Crippen molar-refractivity contribution in [3.8, 4) is 22.4 Å². The maximum atomic E-state index is 12.0. The number of aromatic nitrogens is 2. The molecule has 2 aromatic carbocycles. The second-order valence-electron chi connectivity index (χ2n) is 5.78. The molecule has 2 N–H and O–H groups in total. The van der Waals surface area contributed by atoms with Gasteiger partial charge in [-0.05, 0) is 37.6 Å². The number of sulfonamides is 1. The molecule has 3 aromatic rings. The second-order valence-corrected chi connectivity index (χ2v) is 7.75. The SMILES string of the molecule is CC=Cn1nc(-c2ccccc2S(N)(=O)=O)c(-c2ccc(Cl)cc2)c1C. The lowest BCUT2D eigenvalue weighted by atomic mass is 9.99. The van der Waals surface area contributed by atoms with Crippen molar-refractivity contribution in [2.24, 2.45) is 5.14 Å². The molecule has 0 fully saturated rings.